The molecule has 0 fully saturated rings. The van der Waals surface area contributed by atoms with E-state index in [2.05, 4.69) is 26.3 Å². The molecule has 0 aromatic carbocycles. The van der Waals surface area contributed by atoms with Gasteiger partial charge in [0.05, 0.1) is 12.7 Å². The third kappa shape index (κ3) is 5.04. The van der Waals surface area contributed by atoms with Crippen molar-refractivity contribution in [3.05, 3.63) is 24.3 Å². The lowest BCUT2D eigenvalue weighted by atomic mass is 10.2. The Kier molecular flexibility index (Phi) is 5.54. The number of aromatic nitrogens is 4. The molecule has 0 spiro atoms. The molecule has 24 heavy (non-hydrogen) atoms. The second-order valence-electron chi connectivity index (χ2n) is 6.83. The number of carbonyl (C=O) groups excluding carboxylic acids is 1. The molecule has 0 amide bonds. The first-order valence-electron chi connectivity index (χ1n) is 8.01. The van der Waals surface area contributed by atoms with Gasteiger partial charge in [0, 0.05) is 13.1 Å². The fourth-order valence-corrected chi connectivity index (χ4v) is 2.13. The Balaban J connectivity index is 2.07. The standard InChI is InChI=1S/C17H25N5O2/c1-12(2)6-8-18-15-14-16(20-10-19-15)22(11-21-14)9-7-13(23)24-17(3,4)5/h6,10-11H,7-9H2,1-5H3,(H,18,19,20). The van der Waals surface area contributed by atoms with Crippen LogP contribution in [0.15, 0.2) is 24.3 Å². The highest BCUT2D eigenvalue weighted by Gasteiger charge is 2.17. The van der Waals surface area contributed by atoms with Gasteiger partial charge in [-0.2, -0.15) is 0 Å². The largest absolute Gasteiger partial charge is 0.460 e. The molecule has 2 aromatic heterocycles. The fraction of sp³-hybridized carbons (Fsp3) is 0.529. The highest BCUT2D eigenvalue weighted by molar-refractivity contribution is 5.82. The first-order chi connectivity index (χ1) is 11.3. The van der Waals surface area contributed by atoms with Crippen LogP contribution in [-0.4, -0.2) is 37.6 Å². The third-order valence-electron chi connectivity index (χ3n) is 3.16. The molecule has 0 bridgehead atoms. The van der Waals surface area contributed by atoms with E-state index in [9.17, 15) is 4.79 Å². The summed E-state index contributed by atoms with van der Waals surface area (Å²) in [6.07, 6.45) is 5.52. The zero-order valence-electron chi connectivity index (χ0n) is 15.0. The molecule has 7 heteroatoms. The molecular weight excluding hydrogens is 306 g/mol. The van der Waals surface area contributed by atoms with Gasteiger partial charge in [-0.15, -0.1) is 0 Å². The predicted molar refractivity (Wildman–Crippen MR) is 93.7 cm³/mol. The van der Waals surface area contributed by atoms with Crippen molar-refractivity contribution >= 4 is 23.0 Å². The second kappa shape index (κ2) is 7.42. The topological polar surface area (TPSA) is 81.9 Å². The maximum Gasteiger partial charge on any atom is 0.308 e. The monoisotopic (exact) mass is 331 g/mol. The summed E-state index contributed by atoms with van der Waals surface area (Å²) in [6, 6.07) is 0. The van der Waals surface area contributed by atoms with E-state index in [1.165, 1.54) is 11.9 Å². The van der Waals surface area contributed by atoms with Crippen LogP contribution >= 0.6 is 0 Å². The number of hydrogen-bond acceptors (Lipinski definition) is 6. The van der Waals surface area contributed by atoms with E-state index >= 15 is 0 Å². The summed E-state index contributed by atoms with van der Waals surface area (Å²) in [5.74, 6) is 0.453. The summed E-state index contributed by atoms with van der Waals surface area (Å²) >= 11 is 0. The number of ether oxygens (including phenoxy) is 1. The van der Waals surface area contributed by atoms with Gasteiger partial charge in [0.2, 0.25) is 0 Å². The first-order valence-corrected chi connectivity index (χ1v) is 8.01. The lowest BCUT2D eigenvalue weighted by Crippen LogP contribution is -2.24. The molecule has 0 aliphatic rings. The number of hydrogen-bond donors (Lipinski definition) is 1. The average Bonchev–Trinajstić information content (AvgIpc) is 2.87. The second-order valence-corrected chi connectivity index (χ2v) is 6.83. The summed E-state index contributed by atoms with van der Waals surface area (Å²) in [5, 5.41) is 3.23. The lowest BCUT2D eigenvalue weighted by molar-refractivity contribution is -0.155. The van der Waals surface area contributed by atoms with Gasteiger partial charge in [-0.05, 0) is 34.6 Å². The molecule has 2 rings (SSSR count). The Morgan fingerprint density at radius 1 is 1.29 bits per heavy atom. The molecule has 2 heterocycles. The van der Waals surface area contributed by atoms with E-state index in [0.717, 1.165) is 0 Å². The van der Waals surface area contributed by atoms with Gasteiger partial charge in [-0.1, -0.05) is 11.6 Å². The van der Waals surface area contributed by atoms with Gasteiger partial charge >= 0.3 is 5.97 Å². The molecule has 0 atom stereocenters. The highest BCUT2D eigenvalue weighted by atomic mass is 16.6. The maximum absolute atomic E-state index is 11.9. The average molecular weight is 331 g/mol. The van der Waals surface area contributed by atoms with E-state index in [-0.39, 0.29) is 12.4 Å². The van der Waals surface area contributed by atoms with Crippen molar-refractivity contribution in [3.8, 4) is 0 Å². The van der Waals surface area contributed by atoms with Gasteiger partial charge in [0.25, 0.3) is 0 Å². The number of nitrogens with zero attached hydrogens (tertiary/aromatic N) is 4. The fourth-order valence-electron chi connectivity index (χ4n) is 2.13. The Bertz CT molecular complexity index is 739. The zero-order chi connectivity index (χ0) is 17.7. The molecule has 0 saturated carbocycles. The van der Waals surface area contributed by atoms with E-state index in [4.69, 9.17) is 4.74 Å². The van der Waals surface area contributed by atoms with Gasteiger partial charge < -0.3 is 14.6 Å². The van der Waals surface area contributed by atoms with Gasteiger partial charge in [-0.25, -0.2) is 15.0 Å². The van der Waals surface area contributed by atoms with E-state index in [1.54, 1.807) is 6.33 Å². The molecule has 0 aliphatic heterocycles. The summed E-state index contributed by atoms with van der Waals surface area (Å²) < 4.78 is 7.16. The first kappa shape index (κ1) is 17.9. The number of imidazole rings is 1. The molecule has 130 valence electrons. The molecule has 2 aromatic rings. The molecule has 0 aliphatic carbocycles. The van der Waals surface area contributed by atoms with Gasteiger partial charge in [0.1, 0.15) is 17.4 Å². The van der Waals surface area contributed by atoms with Crippen molar-refractivity contribution in [2.24, 2.45) is 0 Å². The zero-order valence-corrected chi connectivity index (χ0v) is 15.0. The van der Waals surface area contributed by atoms with Crippen LogP contribution < -0.4 is 5.32 Å². The van der Waals surface area contributed by atoms with Crippen molar-refractivity contribution in [1.82, 2.24) is 19.5 Å². The Labute approximate surface area is 142 Å². The van der Waals surface area contributed by atoms with E-state index in [0.29, 0.717) is 30.1 Å². The number of allylic oxidation sites excluding steroid dienone is 1. The number of nitrogens with one attached hydrogen (secondary N) is 1. The lowest BCUT2D eigenvalue weighted by Gasteiger charge is -2.19. The molecule has 0 unspecified atom stereocenters. The van der Waals surface area contributed by atoms with Gasteiger partial charge in [0.15, 0.2) is 11.5 Å². The van der Waals surface area contributed by atoms with Crippen LogP contribution in [0.1, 0.15) is 41.0 Å². The SMILES string of the molecule is CC(C)=CCNc1ncnc2c1ncn2CCC(=O)OC(C)(C)C. The number of carbonyl (C=O) groups is 1. The van der Waals surface area contributed by atoms with Crippen LogP contribution in [0.5, 0.6) is 0 Å². The van der Waals surface area contributed by atoms with Crippen LogP contribution in [0.2, 0.25) is 0 Å². The Morgan fingerprint density at radius 3 is 2.71 bits per heavy atom. The van der Waals surface area contributed by atoms with E-state index in [1.807, 2.05) is 39.2 Å². The molecule has 0 radical (unpaired) electrons. The minimum absolute atomic E-state index is 0.236. The van der Waals surface area contributed by atoms with Gasteiger partial charge in [-0.3, -0.25) is 4.79 Å². The Morgan fingerprint density at radius 2 is 2.04 bits per heavy atom. The molecule has 0 saturated heterocycles. The van der Waals surface area contributed by atoms with Crippen LogP contribution in [-0.2, 0) is 16.1 Å². The number of anilines is 1. The summed E-state index contributed by atoms with van der Waals surface area (Å²) in [4.78, 5) is 24.7. The predicted octanol–water partition coefficient (Wildman–Crippen LogP) is 2.94. The third-order valence-corrected chi connectivity index (χ3v) is 3.16. The summed E-state index contributed by atoms with van der Waals surface area (Å²) in [6.45, 7) is 10.8. The molecule has 7 nitrogen and oxygen atoms in total. The number of aryl methyl sites for hydroxylation is 1. The van der Waals surface area contributed by atoms with Crippen LogP contribution in [0.4, 0.5) is 5.82 Å². The summed E-state index contributed by atoms with van der Waals surface area (Å²) in [7, 11) is 0. The maximum atomic E-state index is 11.9. The van der Waals surface area contributed by atoms with Crippen LogP contribution in [0.3, 0.4) is 0 Å². The number of fused-ring (bicyclic) bond motifs is 1. The Hall–Kier alpha value is -2.44. The van der Waals surface area contributed by atoms with Crippen molar-refractivity contribution in [2.45, 2.75) is 53.2 Å². The quantitative estimate of drug-likeness (QED) is 0.647. The van der Waals surface area contributed by atoms with Crippen molar-refractivity contribution in [2.75, 3.05) is 11.9 Å². The summed E-state index contributed by atoms with van der Waals surface area (Å²) in [5.41, 5.74) is 2.16. The van der Waals surface area contributed by atoms with Crippen molar-refractivity contribution in [1.29, 1.82) is 0 Å². The van der Waals surface area contributed by atoms with Crippen molar-refractivity contribution in [3.63, 3.8) is 0 Å². The van der Waals surface area contributed by atoms with E-state index < -0.39 is 5.60 Å². The van der Waals surface area contributed by atoms with Crippen LogP contribution in [0, 0.1) is 0 Å². The number of rotatable bonds is 6. The normalized spacial score (nSPS) is 11.4. The molecule has 1 N–H and O–H groups in total. The minimum atomic E-state index is -0.474. The minimum Gasteiger partial charge on any atom is -0.460 e. The van der Waals surface area contributed by atoms with Crippen molar-refractivity contribution < 1.29 is 9.53 Å². The smallest absolute Gasteiger partial charge is 0.308 e. The number of esters is 1. The van der Waals surface area contributed by atoms with Crippen LogP contribution in [0.25, 0.3) is 11.2 Å². The highest BCUT2D eigenvalue weighted by Crippen LogP contribution is 2.18. The molecular formula is C17H25N5O2.